The highest BCUT2D eigenvalue weighted by Gasteiger charge is 2.35. The van der Waals surface area contributed by atoms with Crippen LogP contribution in [0.15, 0.2) is 41.3 Å². The van der Waals surface area contributed by atoms with E-state index in [0.717, 1.165) is 22.9 Å². The minimum absolute atomic E-state index is 0.131. The van der Waals surface area contributed by atoms with E-state index in [1.807, 2.05) is 19.9 Å². The monoisotopic (exact) mass is 451 g/mol. The van der Waals surface area contributed by atoms with Crippen LogP contribution in [0, 0.1) is 0 Å². The number of halogens is 2. The smallest absolute Gasteiger partial charge is 0.293 e. The van der Waals surface area contributed by atoms with Crippen molar-refractivity contribution in [2.24, 2.45) is 0 Å². The molecule has 0 unspecified atom stereocenters. The molecule has 8 heteroatoms. The van der Waals surface area contributed by atoms with Gasteiger partial charge in [0.15, 0.2) is 11.5 Å². The van der Waals surface area contributed by atoms with Gasteiger partial charge in [0.1, 0.15) is 0 Å². The normalized spacial score (nSPS) is 15.3. The molecule has 0 spiro atoms. The van der Waals surface area contributed by atoms with Crippen LogP contribution in [0.4, 0.5) is 4.79 Å². The van der Waals surface area contributed by atoms with Crippen LogP contribution in [0.5, 0.6) is 11.5 Å². The third kappa shape index (κ3) is 5.07. The maximum atomic E-state index is 12.8. The van der Waals surface area contributed by atoms with Crippen LogP contribution in [0.3, 0.4) is 0 Å². The number of hydrogen-bond acceptors (Lipinski definition) is 5. The lowest BCUT2D eigenvalue weighted by Crippen LogP contribution is -2.27. The molecule has 2 aromatic rings. The molecule has 2 aromatic carbocycles. The molecule has 29 heavy (non-hydrogen) atoms. The Morgan fingerprint density at radius 3 is 2.38 bits per heavy atom. The highest BCUT2D eigenvalue weighted by molar-refractivity contribution is 8.18. The predicted molar refractivity (Wildman–Crippen MR) is 117 cm³/mol. The van der Waals surface area contributed by atoms with E-state index in [1.165, 1.54) is 4.90 Å². The van der Waals surface area contributed by atoms with Gasteiger partial charge in [-0.3, -0.25) is 14.5 Å². The van der Waals surface area contributed by atoms with E-state index in [2.05, 4.69) is 0 Å². The maximum absolute atomic E-state index is 12.8. The van der Waals surface area contributed by atoms with Gasteiger partial charge in [-0.25, -0.2) is 0 Å². The van der Waals surface area contributed by atoms with Crippen molar-refractivity contribution >= 4 is 52.2 Å². The van der Waals surface area contributed by atoms with Crippen molar-refractivity contribution in [1.29, 1.82) is 0 Å². The SMILES string of the molecule is CCOc1ccc(/C=C2\SC(=O)N(Cc3ccc(Cl)c(Cl)c3)C2=O)cc1OCC. The summed E-state index contributed by atoms with van der Waals surface area (Å²) in [5.41, 5.74) is 1.47. The zero-order valence-corrected chi connectivity index (χ0v) is 18.2. The first kappa shape index (κ1) is 21.6. The number of thioether (sulfide) groups is 1. The third-order valence-electron chi connectivity index (χ3n) is 4.06. The summed E-state index contributed by atoms with van der Waals surface area (Å²) >= 11 is 12.9. The fraction of sp³-hybridized carbons (Fsp3) is 0.238. The van der Waals surface area contributed by atoms with E-state index in [4.69, 9.17) is 32.7 Å². The van der Waals surface area contributed by atoms with Crippen LogP contribution in [-0.4, -0.2) is 29.3 Å². The summed E-state index contributed by atoms with van der Waals surface area (Å²) in [6.45, 7) is 4.92. The zero-order valence-electron chi connectivity index (χ0n) is 15.9. The van der Waals surface area contributed by atoms with Crippen LogP contribution >= 0.6 is 35.0 Å². The van der Waals surface area contributed by atoms with Gasteiger partial charge in [0.25, 0.3) is 11.1 Å². The van der Waals surface area contributed by atoms with Crippen LogP contribution in [0.1, 0.15) is 25.0 Å². The van der Waals surface area contributed by atoms with Crippen molar-refractivity contribution in [1.82, 2.24) is 4.90 Å². The molecule has 0 saturated carbocycles. The summed E-state index contributed by atoms with van der Waals surface area (Å²) < 4.78 is 11.2. The molecular formula is C21H19Cl2NO4S. The molecule has 0 bridgehead atoms. The molecule has 0 N–H and O–H groups in total. The average Bonchev–Trinajstić information content (AvgIpc) is 2.94. The van der Waals surface area contributed by atoms with Gasteiger partial charge in [-0.05, 0) is 67.1 Å². The summed E-state index contributed by atoms with van der Waals surface area (Å²) in [7, 11) is 0. The van der Waals surface area contributed by atoms with Crippen molar-refractivity contribution in [2.75, 3.05) is 13.2 Å². The first-order valence-electron chi connectivity index (χ1n) is 9.01. The highest BCUT2D eigenvalue weighted by Crippen LogP contribution is 2.36. The van der Waals surface area contributed by atoms with Gasteiger partial charge >= 0.3 is 0 Å². The second-order valence-corrected chi connectivity index (χ2v) is 7.90. The maximum Gasteiger partial charge on any atom is 0.293 e. The number of ether oxygens (including phenoxy) is 2. The number of carbonyl (C=O) groups excluding carboxylic acids is 2. The van der Waals surface area contributed by atoms with Gasteiger partial charge in [-0.2, -0.15) is 0 Å². The van der Waals surface area contributed by atoms with E-state index < -0.39 is 0 Å². The fourth-order valence-electron chi connectivity index (χ4n) is 2.77. The largest absolute Gasteiger partial charge is 0.490 e. The summed E-state index contributed by atoms with van der Waals surface area (Å²) in [6, 6.07) is 10.4. The topological polar surface area (TPSA) is 55.8 Å². The summed E-state index contributed by atoms with van der Waals surface area (Å²) in [6.07, 6.45) is 1.68. The summed E-state index contributed by atoms with van der Waals surface area (Å²) in [5, 5.41) is 0.470. The van der Waals surface area contributed by atoms with E-state index >= 15 is 0 Å². The molecule has 1 heterocycles. The second kappa shape index (κ2) is 9.57. The quantitative estimate of drug-likeness (QED) is 0.481. The molecule has 0 radical (unpaired) electrons. The van der Waals surface area contributed by atoms with E-state index in [-0.39, 0.29) is 17.7 Å². The number of imide groups is 1. The molecule has 0 aromatic heterocycles. The molecule has 1 fully saturated rings. The van der Waals surface area contributed by atoms with E-state index in [0.29, 0.717) is 39.7 Å². The second-order valence-electron chi connectivity index (χ2n) is 6.09. The standard InChI is InChI=1S/C21H19Cl2NO4S/c1-3-27-17-8-6-13(10-18(17)28-4-2)11-19-20(25)24(21(26)29-19)12-14-5-7-15(22)16(23)9-14/h5-11H,3-4,12H2,1-2H3/b19-11-. The Bertz CT molecular complexity index is 977. The molecule has 1 saturated heterocycles. The Morgan fingerprint density at radius 1 is 0.966 bits per heavy atom. The highest BCUT2D eigenvalue weighted by atomic mass is 35.5. The Balaban J connectivity index is 1.82. The number of rotatable bonds is 7. The molecule has 0 atom stereocenters. The Morgan fingerprint density at radius 2 is 1.69 bits per heavy atom. The summed E-state index contributed by atoms with van der Waals surface area (Å²) in [5.74, 6) is 0.885. The van der Waals surface area contributed by atoms with Crippen molar-refractivity contribution < 1.29 is 19.1 Å². The van der Waals surface area contributed by atoms with Crippen LogP contribution in [0.2, 0.25) is 10.0 Å². The first-order chi connectivity index (χ1) is 13.9. The van der Waals surface area contributed by atoms with Crippen LogP contribution in [-0.2, 0) is 11.3 Å². The number of benzene rings is 2. The van der Waals surface area contributed by atoms with Gasteiger partial charge < -0.3 is 9.47 Å². The Labute approximate surface area is 183 Å². The van der Waals surface area contributed by atoms with E-state index in [1.54, 1.807) is 36.4 Å². The molecular weight excluding hydrogens is 433 g/mol. The number of amides is 2. The molecule has 2 amide bonds. The Kier molecular flexibility index (Phi) is 7.11. The van der Waals surface area contributed by atoms with Crippen LogP contribution in [0.25, 0.3) is 6.08 Å². The predicted octanol–water partition coefficient (Wildman–Crippen LogP) is 6.03. The van der Waals surface area contributed by atoms with E-state index in [9.17, 15) is 9.59 Å². The number of carbonyl (C=O) groups is 2. The summed E-state index contributed by atoms with van der Waals surface area (Å²) in [4.78, 5) is 26.7. The van der Waals surface area contributed by atoms with Crippen molar-refractivity contribution in [2.45, 2.75) is 20.4 Å². The molecule has 152 valence electrons. The minimum atomic E-state index is -0.349. The molecule has 5 nitrogen and oxygen atoms in total. The lowest BCUT2D eigenvalue weighted by atomic mass is 10.1. The zero-order chi connectivity index (χ0) is 21.0. The fourth-order valence-corrected chi connectivity index (χ4v) is 3.92. The van der Waals surface area contributed by atoms with Crippen molar-refractivity contribution in [3.8, 4) is 11.5 Å². The minimum Gasteiger partial charge on any atom is -0.490 e. The number of nitrogens with zero attached hydrogens (tertiary/aromatic N) is 1. The van der Waals surface area contributed by atoms with Crippen LogP contribution < -0.4 is 9.47 Å². The Hall–Kier alpha value is -2.15. The molecule has 1 aliphatic rings. The third-order valence-corrected chi connectivity index (χ3v) is 5.71. The van der Waals surface area contributed by atoms with Gasteiger partial charge in [0.2, 0.25) is 0 Å². The van der Waals surface area contributed by atoms with Gasteiger partial charge in [-0.15, -0.1) is 0 Å². The van der Waals surface area contributed by atoms with Gasteiger partial charge in [0.05, 0.1) is 34.7 Å². The van der Waals surface area contributed by atoms with Gasteiger partial charge in [0, 0.05) is 0 Å². The lowest BCUT2D eigenvalue weighted by Gasteiger charge is -2.13. The molecule has 1 aliphatic heterocycles. The molecule has 3 rings (SSSR count). The first-order valence-corrected chi connectivity index (χ1v) is 10.6. The van der Waals surface area contributed by atoms with Crippen molar-refractivity contribution in [3.05, 3.63) is 62.5 Å². The van der Waals surface area contributed by atoms with Crippen molar-refractivity contribution in [3.63, 3.8) is 0 Å². The lowest BCUT2D eigenvalue weighted by molar-refractivity contribution is -0.123. The van der Waals surface area contributed by atoms with Gasteiger partial charge in [-0.1, -0.05) is 35.3 Å². The number of hydrogen-bond donors (Lipinski definition) is 0. The molecule has 0 aliphatic carbocycles. The average molecular weight is 452 g/mol.